The van der Waals surface area contributed by atoms with Gasteiger partial charge in [-0.1, -0.05) is 18.2 Å². The summed E-state index contributed by atoms with van der Waals surface area (Å²) in [6, 6.07) is 7.35. The Morgan fingerprint density at radius 2 is 1.88 bits per heavy atom. The Kier molecular flexibility index (Phi) is 7.17. The Hall–Kier alpha value is -3.54. The minimum Gasteiger partial charge on any atom is -0.469 e. The molecule has 0 aliphatic carbocycles. The van der Waals surface area contributed by atoms with E-state index in [-0.39, 0.29) is 5.71 Å². The number of hydrogen-bond donors (Lipinski definition) is 0. The molecule has 1 aliphatic heterocycles. The van der Waals surface area contributed by atoms with E-state index < -0.39 is 0 Å². The fourth-order valence-electron chi connectivity index (χ4n) is 1.58. The Balaban J connectivity index is 2.29. The molecule has 0 amide bonds. The van der Waals surface area contributed by atoms with Crippen molar-refractivity contribution in [3.05, 3.63) is 73.0 Å². The van der Waals surface area contributed by atoms with Crippen molar-refractivity contribution in [1.82, 2.24) is 0 Å². The smallest absolute Gasteiger partial charge is 0.170 e. The highest BCUT2D eigenvalue weighted by Gasteiger charge is 1.99. The summed E-state index contributed by atoms with van der Waals surface area (Å²) in [4.78, 5) is 15.0. The Morgan fingerprint density at radius 1 is 0.958 bits per heavy atom. The lowest BCUT2D eigenvalue weighted by molar-refractivity contribution is -0.102. The first-order valence-corrected chi connectivity index (χ1v) is 7.04. The van der Waals surface area contributed by atoms with Gasteiger partial charge < -0.3 is 9.47 Å². The molecule has 0 aromatic heterocycles. The maximum Gasteiger partial charge on any atom is 0.170 e. The number of rotatable bonds is 1. The molecule has 6 heteroatoms. The van der Waals surface area contributed by atoms with Gasteiger partial charge >= 0.3 is 0 Å². The summed E-state index contributed by atoms with van der Waals surface area (Å²) in [5.74, 6) is 0.611. The first-order valence-electron chi connectivity index (χ1n) is 7.04. The third-order valence-corrected chi connectivity index (χ3v) is 2.64. The Morgan fingerprint density at radius 3 is 2.79 bits per heavy atom. The highest BCUT2D eigenvalue weighted by Crippen LogP contribution is 2.19. The second-order valence-corrected chi connectivity index (χ2v) is 4.27. The highest BCUT2D eigenvalue weighted by atomic mass is 16.5. The molecular formula is C18H15N3O3. The van der Waals surface area contributed by atoms with Crippen molar-refractivity contribution in [2.24, 2.45) is 15.2 Å². The molecule has 0 bridgehead atoms. The molecule has 0 atom stereocenters. The van der Waals surface area contributed by atoms with E-state index in [4.69, 9.17) is 9.47 Å². The number of aliphatic imine (C=N–C) groups is 1. The number of para-hydroxylation sites is 1. The first kappa shape index (κ1) is 16.8. The summed E-state index contributed by atoms with van der Waals surface area (Å²) in [7, 11) is 0. The predicted octanol–water partition coefficient (Wildman–Crippen LogP) is 3.30. The van der Waals surface area contributed by atoms with E-state index in [1.807, 2.05) is 18.2 Å². The molecule has 1 heterocycles. The van der Waals surface area contributed by atoms with Crippen molar-refractivity contribution in [1.29, 1.82) is 0 Å². The largest absolute Gasteiger partial charge is 0.469 e. The summed E-state index contributed by atoms with van der Waals surface area (Å²) in [6.45, 7) is 0. The molecule has 1 aromatic rings. The quantitative estimate of drug-likeness (QED) is 0.745. The van der Waals surface area contributed by atoms with Crippen molar-refractivity contribution >= 4 is 30.5 Å². The Labute approximate surface area is 139 Å². The van der Waals surface area contributed by atoms with Crippen LogP contribution in [0.15, 0.2) is 82.7 Å². The molecule has 0 spiro atoms. The van der Waals surface area contributed by atoms with E-state index in [0.29, 0.717) is 12.0 Å². The predicted molar refractivity (Wildman–Crippen MR) is 95.1 cm³/mol. The third-order valence-electron chi connectivity index (χ3n) is 2.64. The SMILES string of the molecule is O=CC1=NN=CC=NC=CC=COC=COc2ccccc2C=C1. The summed E-state index contributed by atoms with van der Waals surface area (Å²) >= 11 is 0. The Bertz CT molecular complexity index is 757. The van der Waals surface area contributed by atoms with E-state index in [1.165, 1.54) is 31.2 Å². The van der Waals surface area contributed by atoms with Crippen molar-refractivity contribution in [3.8, 4) is 5.75 Å². The molecule has 0 N–H and O–H groups in total. The third kappa shape index (κ3) is 6.07. The molecule has 0 radical (unpaired) electrons. The monoisotopic (exact) mass is 321 g/mol. The van der Waals surface area contributed by atoms with Gasteiger partial charge in [0.25, 0.3) is 0 Å². The van der Waals surface area contributed by atoms with Gasteiger partial charge in [-0.25, -0.2) is 0 Å². The molecule has 0 saturated carbocycles. The molecule has 120 valence electrons. The van der Waals surface area contributed by atoms with Gasteiger partial charge in [0.1, 0.15) is 24.0 Å². The van der Waals surface area contributed by atoms with Crippen LogP contribution in [0.25, 0.3) is 6.08 Å². The molecule has 0 saturated heterocycles. The molecule has 1 aromatic carbocycles. The normalized spacial score (nSPS) is 14.8. The average molecular weight is 321 g/mol. The van der Waals surface area contributed by atoms with E-state index in [9.17, 15) is 4.79 Å². The van der Waals surface area contributed by atoms with Crippen LogP contribution < -0.4 is 4.74 Å². The van der Waals surface area contributed by atoms with Gasteiger partial charge in [0.15, 0.2) is 6.29 Å². The number of allylic oxidation sites excluding steroid dienone is 3. The van der Waals surface area contributed by atoms with Crippen LogP contribution in [0.3, 0.4) is 0 Å². The fourth-order valence-corrected chi connectivity index (χ4v) is 1.58. The zero-order chi connectivity index (χ0) is 16.9. The van der Waals surface area contributed by atoms with Crippen LogP contribution >= 0.6 is 0 Å². The second-order valence-electron chi connectivity index (χ2n) is 4.27. The van der Waals surface area contributed by atoms with Crippen LogP contribution in [-0.2, 0) is 9.53 Å². The zero-order valence-electron chi connectivity index (χ0n) is 12.7. The average Bonchev–Trinajstić information content (AvgIpc) is 2.61. The van der Waals surface area contributed by atoms with Crippen molar-refractivity contribution in [2.75, 3.05) is 0 Å². The van der Waals surface area contributed by atoms with E-state index in [0.717, 1.165) is 5.56 Å². The maximum atomic E-state index is 11.0. The number of nitrogens with zero attached hydrogens (tertiary/aromatic N) is 3. The number of hydrogen-bond acceptors (Lipinski definition) is 6. The zero-order valence-corrected chi connectivity index (χ0v) is 12.7. The highest BCUT2D eigenvalue weighted by molar-refractivity contribution is 6.34. The molecule has 0 unspecified atom stereocenters. The van der Waals surface area contributed by atoms with Crippen LogP contribution in [0, 0.1) is 0 Å². The molecule has 6 nitrogen and oxygen atoms in total. The van der Waals surface area contributed by atoms with Gasteiger partial charge in [0.05, 0.1) is 12.5 Å². The van der Waals surface area contributed by atoms with E-state index in [2.05, 4.69) is 15.2 Å². The van der Waals surface area contributed by atoms with Crippen LogP contribution in [0.4, 0.5) is 0 Å². The molecule has 24 heavy (non-hydrogen) atoms. The van der Waals surface area contributed by atoms with Crippen molar-refractivity contribution in [2.45, 2.75) is 0 Å². The molecule has 2 rings (SSSR count). The molecule has 0 fully saturated rings. The number of aldehydes is 1. The topological polar surface area (TPSA) is 72.6 Å². The minimum atomic E-state index is 0.174. The lowest BCUT2D eigenvalue weighted by Crippen LogP contribution is -1.94. The van der Waals surface area contributed by atoms with Gasteiger partial charge in [-0.05, 0) is 30.4 Å². The number of benzene rings is 1. The van der Waals surface area contributed by atoms with Crippen LogP contribution in [-0.4, -0.2) is 24.4 Å². The summed E-state index contributed by atoms with van der Waals surface area (Å²) < 4.78 is 10.6. The van der Waals surface area contributed by atoms with Gasteiger partial charge in [-0.2, -0.15) is 5.10 Å². The number of fused-ring (bicyclic) bond motifs is 1. The molecular weight excluding hydrogens is 306 g/mol. The van der Waals surface area contributed by atoms with Crippen molar-refractivity contribution in [3.63, 3.8) is 0 Å². The summed E-state index contributed by atoms with van der Waals surface area (Å²) in [5.41, 5.74) is 0.953. The van der Waals surface area contributed by atoms with Crippen LogP contribution in [0.1, 0.15) is 5.56 Å². The minimum absolute atomic E-state index is 0.174. The van der Waals surface area contributed by atoms with Crippen molar-refractivity contribution < 1.29 is 14.3 Å². The van der Waals surface area contributed by atoms with Gasteiger partial charge in [0.2, 0.25) is 0 Å². The van der Waals surface area contributed by atoms with Gasteiger partial charge in [-0.3, -0.25) is 9.79 Å². The lowest BCUT2D eigenvalue weighted by Gasteiger charge is -2.04. The number of carbonyl (C=O) groups is 1. The standard InChI is InChI=1S/C18H15N3O3/c22-15-17-8-7-16-5-1-2-6-18(16)24-14-13-23-12-4-3-9-19-10-11-20-21-17/h1-15H. The fraction of sp³-hybridized carbons (Fsp3) is 0. The maximum absolute atomic E-state index is 11.0. The molecule has 1 aliphatic rings. The van der Waals surface area contributed by atoms with Gasteiger partial charge in [0, 0.05) is 18.0 Å². The van der Waals surface area contributed by atoms with E-state index >= 15 is 0 Å². The summed E-state index contributed by atoms with van der Waals surface area (Å²) in [6.07, 6.45) is 15.9. The number of carbonyl (C=O) groups excluding carboxylic acids is 1. The number of ether oxygens (including phenoxy) is 2. The van der Waals surface area contributed by atoms with Crippen LogP contribution in [0.2, 0.25) is 0 Å². The first-order chi connectivity index (χ1) is 11.9. The second kappa shape index (κ2) is 10.2. The van der Waals surface area contributed by atoms with E-state index in [1.54, 1.807) is 36.6 Å². The lowest BCUT2D eigenvalue weighted by atomic mass is 10.1. The summed E-state index contributed by atoms with van der Waals surface area (Å²) in [5, 5.41) is 7.56. The van der Waals surface area contributed by atoms with Gasteiger partial charge in [-0.15, -0.1) is 5.10 Å². The van der Waals surface area contributed by atoms with Crippen LogP contribution in [0.5, 0.6) is 5.75 Å².